The molecule has 0 aliphatic carbocycles. The van der Waals surface area contributed by atoms with Gasteiger partial charge >= 0.3 is 0 Å². The Hall–Kier alpha value is -1.58. The molecule has 3 saturated heterocycles. The number of nitrogens with one attached hydrogen (secondary N) is 1. The summed E-state index contributed by atoms with van der Waals surface area (Å²) in [7, 11) is 2.42. The van der Waals surface area contributed by atoms with Crippen LogP contribution in [-0.4, -0.2) is 40.8 Å². The molecule has 120 valence electrons. The first-order valence-corrected chi connectivity index (χ1v) is 8.87. The van der Waals surface area contributed by atoms with Crippen molar-refractivity contribution < 1.29 is 9.59 Å². The molecule has 0 radical (unpaired) electrons. The molecule has 2 aromatic rings. The van der Waals surface area contributed by atoms with E-state index in [-0.39, 0.29) is 0 Å². The van der Waals surface area contributed by atoms with Crippen molar-refractivity contribution >= 4 is 10.9 Å². The average molecular weight is 309 g/mol. The number of nitrogens with zero attached hydrogens (tertiary/aromatic N) is 1. The lowest BCUT2D eigenvalue weighted by Crippen LogP contribution is -2.70. The van der Waals surface area contributed by atoms with Gasteiger partial charge in [-0.2, -0.15) is 0 Å². The molecule has 5 heterocycles. The molecule has 3 heteroatoms. The van der Waals surface area contributed by atoms with Crippen LogP contribution in [0, 0.1) is 11.8 Å². The van der Waals surface area contributed by atoms with Gasteiger partial charge in [0.05, 0.1) is 25.4 Å². The van der Waals surface area contributed by atoms with Crippen LogP contribution in [0.4, 0.5) is 0 Å². The Balaban J connectivity index is 1.73. The van der Waals surface area contributed by atoms with E-state index in [1.54, 1.807) is 5.57 Å². The van der Waals surface area contributed by atoms with Crippen LogP contribution in [0.2, 0.25) is 0 Å². The summed E-state index contributed by atoms with van der Waals surface area (Å²) in [6, 6.07) is 9.84. The molecular formula is C20H25N2O+. The summed E-state index contributed by atoms with van der Waals surface area (Å²) in [4.78, 5) is 3.75. The Morgan fingerprint density at radius 2 is 2.17 bits per heavy atom. The normalized spacial score (nSPS) is 39.9. The molecule has 0 amide bonds. The van der Waals surface area contributed by atoms with Gasteiger partial charge in [-0.15, -0.1) is 0 Å². The molecule has 2 unspecified atom stereocenters. The van der Waals surface area contributed by atoms with E-state index in [1.165, 1.54) is 28.6 Å². The van der Waals surface area contributed by atoms with E-state index in [0.717, 1.165) is 17.4 Å². The molecular weight excluding hydrogens is 284 g/mol. The van der Waals surface area contributed by atoms with Gasteiger partial charge in [0.25, 0.3) is 0 Å². The van der Waals surface area contributed by atoms with Gasteiger partial charge in [-0.3, -0.25) is 0 Å². The summed E-state index contributed by atoms with van der Waals surface area (Å²) < 4.78 is 1.08. The third kappa shape index (κ3) is 1.57. The maximum absolute atomic E-state index is 10.1. The quantitative estimate of drug-likeness (QED) is 0.616. The topological polar surface area (TPSA) is 36.0 Å². The van der Waals surface area contributed by atoms with Crippen LogP contribution < -0.4 is 0 Å². The fourth-order valence-electron chi connectivity index (χ4n) is 6.02. The molecule has 6 rings (SSSR count). The van der Waals surface area contributed by atoms with Crippen LogP contribution in [0.5, 0.6) is 0 Å². The van der Waals surface area contributed by atoms with E-state index in [9.17, 15) is 5.11 Å². The molecule has 23 heavy (non-hydrogen) atoms. The number of aromatic amines is 1. The molecule has 3 nitrogen and oxygen atoms in total. The van der Waals surface area contributed by atoms with Crippen molar-refractivity contribution in [3.8, 4) is 0 Å². The van der Waals surface area contributed by atoms with Crippen molar-refractivity contribution in [2.75, 3.05) is 20.2 Å². The van der Waals surface area contributed by atoms with Crippen molar-refractivity contribution in [3.63, 3.8) is 0 Å². The number of aliphatic hydroxyl groups is 1. The summed E-state index contributed by atoms with van der Waals surface area (Å²) in [6.07, 6.45) is 4.59. The molecule has 0 saturated carbocycles. The Labute approximate surface area is 137 Å². The number of rotatable bonds is 1. The average Bonchev–Trinajstić information content (AvgIpc) is 2.92. The molecule has 2 N–H and O–H groups in total. The lowest BCUT2D eigenvalue weighted by molar-refractivity contribution is -0.978. The van der Waals surface area contributed by atoms with Crippen molar-refractivity contribution in [1.82, 2.24) is 4.98 Å². The second-order valence-electron chi connectivity index (χ2n) is 7.91. The lowest BCUT2D eigenvalue weighted by Gasteiger charge is -2.62. The summed E-state index contributed by atoms with van der Waals surface area (Å²) in [5.41, 5.74) is 5.84. The number of fused-ring (bicyclic) bond motifs is 4. The third-order valence-corrected chi connectivity index (χ3v) is 7.13. The summed E-state index contributed by atoms with van der Waals surface area (Å²) in [5, 5.41) is 11.5. The van der Waals surface area contributed by atoms with Crippen LogP contribution in [0.1, 0.15) is 30.6 Å². The summed E-state index contributed by atoms with van der Waals surface area (Å²) >= 11 is 0. The maximum Gasteiger partial charge on any atom is 0.131 e. The predicted molar refractivity (Wildman–Crippen MR) is 92.0 cm³/mol. The number of para-hydroxylation sites is 1. The second-order valence-corrected chi connectivity index (χ2v) is 7.91. The highest BCUT2D eigenvalue weighted by molar-refractivity contribution is 5.85. The van der Waals surface area contributed by atoms with Crippen LogP contribution >= 0.6 is 0 Å². The van der Waals surface area contributed by atoms with E-state index >= 15 is 0 Å². The molecule has 1 aromatic carbocycles. The first-order valence-electron chi connectivity index (χ1n) is 8.87. The van der Waals surface area contributed by atoms with Crippen molar-refractivity contribution in [3.05, 3.63) is 47.2 Å². The summed E-state index contributed by atoms with van der Waals surface area (Å²) in [6.45, 7) is 3.65. The molecule has 1 aromatic heterocycles. The molecule has 4 aliphatic heterocycles. The zero-order chi connectivity index (χ0) is 15.8. The minimum atomic E-state index is 0.324. The van der Waals surface area contributed by atoms with Crippen LogP contribution in [0.25, 0.3) is 10.9 Å². The monoisotopic (exact) mass is 309 g/mol. The highest BCUT2D eigenvalue weighted by atomic mass is 16.3. The second kappa shape index (κ2) is 4.49. The number of aliphatic hydroxyl groups excluding tert-OH is 1. The standard InChI is InChI=1S/C20H25N2O/c1-3-12-10-22(2)18-9-15-13-6-4-5-7-17(13)21-20(15)19(22)8-14(12)16(18)11-23/h3-7,14,16,18-19,21,23H,8-11H2,1-2H3/q+1/t14-,16?,18+,19+,22?/m0/s1. The van der Waals surface area contributed by atoms with E-state index in [0.29, 0.717) is 30.5 Å². The van der Waals surface area contributed by atoms with Crippen LogP contribution in [0.15, 0.2) is 35.9 Å². The van der Waals surface area contributed by atoms with Gasteiger partial charge in [-0.1, -0.05) is 24.3 Å². The van der Waals surface area contributed by atoms with Crippen molar-refractivity contribution in [1.29, 1.82) is 0 Å². The number of likely N-dealkylation sites (N-methyl/N-ethyl adjacent to an activating group) is 1. The van der Waals surface area contributed by atoms with E-state index in [1.807, 2.05) is 0 Å². The van der Waals surface area contributed by atoms with Crippen LogP contribution in [0.3, 0.4) is 0 Å². The highest BCUT2D eigenvalue weighted by Crippen LogP contribution is 2.57. The number of benzene rings is 1. The number of hydrogen-bond donors (Lipinski definition) is 2. The van der Waals surface area contributed by atoms with E-state index in [2.05, 4.69) is 49.3 Å². The predicted octanol–water partition coefficient (Wildman–Crippen LogP) is 3.17. The zero-order valence-electron chi connectivity index (χ0n) is 13.9. The first-order chi connectivity index (χ1) is 11.2. The molecule has 3 fully saturated rings. The van der Waals surface area contributed by atoms with Crippen molar-refractivity contribution in [2.24, 2.45) is 11.8 Å². The van der Waals surface area contributed by atoms with Gasteiger partial charge in [0, 0.05) is 35.6 Å². The summed E-state index contributed by atoms with van der Waals surface area (Å²) in [5.74, 6) is 0.984. The SMILES string of the molecule is CC=C1C[N+]2(C)[C@@H]3C[C@@H]1C(CO)[C@H]2Cc1c3[nH]c2ccccc12. The largest absolute Gasteiger partial charge is 0.396 e. The van der Waals surface area contributed by atoms with Gasteiger partial charge in [-0.25, -0.2) is 0 Å². The molecule has 4 bridgehead atoms. The Morgan fingerprint density at radius 1 is 1.35 bits per heavy atom. The molecule has 4 aliphatic rings. The number of allylic oxidation sites excluding steroid dienone is 1. The van der Waals surface area contributed by atoms with Crippen LogP contribution in [-0.2, 0) is 6.42 Å². The Morgan fingerprint density at radius 3 is 2.96 bits per heavy atom. The van der Waals surface area contributed by atoms with Gasteiger partial charge in [0.1, 0.15) is 12.6 Å². The Bertz CT molecular complexity index is 820. The zero-order valence-corrected chi connectivity index (χ0v) is 13.9. The highest BCUT2D eigenvalue weighted by Gasteiger charge is 2.61. The van der Waals surface area contributed by atoms with E-state index in [4.69, 9.17) is 0 Å². The number of piperidine rings is 3. The first kappa shape index (κ1) is 13.8. The van der Waals surface area contributed by atoms with E-state index < -0.39 is 0 Å². The number of hydrogen-bond acceptors (Lipinski definition) is 1. The number of H-pyrrole nitrogens is 1. The fraction of sp³-hybridized carbons (Fsp3) is 0.500. The van der Waals surface area contributed by atoms with Gasteiger partial charge in [0.15, 0.2) is 0 Å². The van der Waals surface area contributed by atoms with Gasteiger partial charge < -0.3 is 14.6 Å². The maximum atomic E-state index is 10.1. The minimum Gasteiger partial charge on any atom is -0.396 e. The third-order valence-electron chi connectivity index (χ3n) is 7.13. The number of quaternary nitrogens is 1. The van der Waals surface area contributed by atoms with Gasteiger partial charge in [-0.05, 0) is 24.1 Å². The van der Waals surface area contributed by atoms with Crippen molar-refractivity contribution in [2.45, 2.75) is 31.8 Å². The Kier molecular flexibility index (Phi) is 2.70. The smallest absolute Gasteiger partial charge is 0.131 e. The lowest BCUT2D eigenvalue weighted by atomic mass is 9.62. The molecule has 5 atom stereocenters. The fourth-order valence-corrected chi connectivity index (χ4v) is 6.02. The van der Waals surface area contributed by atoms with Gasteiger partial charge in [0.2, 0.25) is 0 Å². The minimum absolute atomic E-state index is 0.324. The number of aromatic nitrogens is 1. The molecule has 0 spiro atoms.